The summed E-state index contributed by atoms with van der Waals surface area (Å²) in [7, 11) is 2.71. The van der Waals surface area contributed by atoms with Gasteiger partial charge in [-0.05, 0) is 119 Å². The zero-order chi connectivity index (χ0) is 62.7. The molecule has 14 N–H and O–H groups in total. The van der Waals surface area contributed by atoms with Gasteiger partial charge in [0.15, 0.2) is 29.0 Å². The second-order valence-corrected chi connectivity index (χ2v) is 21.9. The number of aliphatic hydroxyl groups excluding tert-OH is 1. The van der Waals surface area contributed by atoms with Gasteiger partial charge in [0.2, 0.25) is 41.2 Å². The maximum atomic E-state index is 15.9. The van der Waals surface area contributed by atoms with Crippen molar-refractivity contribution < 1.29 is 88.3 Å². The Labute approximate surface area is 520 Å². The van der Waals surface area contributed by atoms with Gasteiger partial charge in [0.1, 0.15) is 82.6 Å². The Bertz CT molecular complexity index is 4140. The van der Waals surface area contributed by atoms with E-state index in [1.807, 2.05) is 0 Å². The lowest BCUT2D eigenvalue weighted by molar-refractivity contribution is -0.143. The number of carboxylic acids is 1. The third-order valence-electron chi connectivity index (χ3n) is 14.9. The Kier molecular flexibility index (Phi) is 17.1. The van der Waals surface area contributed by atoms with E-state index >= 15 is 19.2 Å². The minimum atomic E-state index is -2.21. The summed E-state index contributed by atoms with van der Waals surface area (Å²) in [5.41, 5.74) is -1.98. The van der Waals surface area contributed by atoms with Crippen molar-refractivity contribution in [2.45, 2.75) is 54.8 Å². The van der Waals surface area contributed by atoms with Crippen LogP contribution < -0.4 is 56.2 Å². The highest BCUT2D eigenvalue weighted by Crippen LogP contribution is 2.49. The normalized spacial score (nSPS) is 21.4. The molecule has 6 aliphatic rings. The SMILES string of the molecule is CN[C@H]1C(=O)N[C@@H]2Cc3ccc(c(Cl)c3)Oc3cc4cc(c3OC)Oc3ccc(cc3Cl)[C@@H](O)[C@H]3NC(=O)C(NC(=O)[C@@H]4NC(=O)[C@@H](NC2=O)c2cc(O)cc(c2)Oc2cc1ccc2O)c1cc(Cl)c(O)c(c1)-c1c(O)cc(O)cc1[C@@H](C(=O)O)NC3=O.[B]. The minimum absolute atomic E-state index is 0. The molecule has 6 amide bonds. The number of nitrogens with one attached hydrogen (secondary N) is 7. The molecule has 13 rings (SSSR count). The molecule has 0 aromatic heterocycles. The number of fused-ring (bicyclic) bond motifs is 14. The number of methoxy groups -OCH3 is 1. The molecular formula is C60H48BCl3N7O18. The van der Waals surface area contributed by atoms with Crippen LogP contribution in [0.1, 0.15) is 75.3 Å². The molecule has 6 heterocycles. The topological polar surface area (TPSA) is 382 Å². The van der Waals surface area contributed by atoms with Gasteiger partial charge in [-0.3, -0.25) is 28.8 Å². The summed E-state index contributed by atoms with van der Waals surface area (Å²) in [6.07, 6.45) is -2.42. The molecule has 0 saturated heterocycles. The summed E-state index contributed by atoms with van der Waals surface area (Å²) in [6, 6.07) is 8.23. The first-order valence-electron chi connectivity index (χ1n) is 26.5. The van der Waals surface area contributed by atoms with Gasteiger partial charge in [0.25, 0.3) is 0 Å². The van der Waals surface area contributed by atoms with E-state index in [2.05, 4.69) is 37.2 Å². The number of ether oxygens (including phenoxy) is 4. The molecule has 7 aromatic carbocycles. The van der Waals surface area contributed by atoms with Gasteiger partial charge in [0.05, 0.1) is 22.2 Å². The highest BCUT2D eigenvalue weighted by Gasteiger charge is 2.42. The second kappa shape index (κ2) is 24.6. The molecule has 6 aliphatic heterocycles. The van der Waals surface area contributed by atoms with Crippen LogP contribution in [0.2, 0.25) is 15.1 Å². The first-order chi connectivity index (χ1) is 42.0. The smallest absolute Gasteiger partial charge is 0.330 e. The van der Waals surface area contributed by atoms with Crippen LogP contribution in [-0.4, -0.2) is 112 Å². The van der Waals surface area contributed by atoms with E-state index in [0.717, 1.165) is 42.5 Å². The molecule has 25 nitrogen and oxygen atoms in total. The number of hydrogen-bond donors (Lipinski definition) is 14. The fourth-order valence-corrected chi connectivity index (χ4v) is 11.4. The number of aromatic hydroxyl groups is 5. The van der Waals surface area contributed by atoms with Gasteiger partial charge < -0.3 is 91.9 Å². The third kappa shape index (κ3) is 12.1. The zero-order valence-corrected chi connectivity index (χ0v) is 48.3. The Morgan fingerprint density at radius 2 is 1.12 bits per heavy atom. The average molecular weight is 1270 g/mol. The number of carbonyl (C=O) groups excluding carboxylic acids is 6. The van der Waals surface area contributed by atoms with E-state index in [0.29, 0.717) is 5.56 Å². The predicted octanol–water partition coefficient (Wildman–Crippen LogP) is 5.82. The van der Waals surface area contributed by atoms with Crippen LogP contribution >= 0.6 is 34.8 Å². The molecule has 89 heavy (non-hydrogen) atoms. The number of hydrogen-bond acceptors (Lipinski definition) is 18. The number of carboxylic acid groups (broad SMARTS) is 1. The first-order valence-corrected chi connectivity index (χ1v) is 27.6. The van der Waals surface area contributed by atoms with Gasteiger partial charge in [-0.2, -0.15) is 0 Å². The maximum Gasteiger partial charge on any atom is 0.330 e. The van der Waals surface area contributed by atoms with Crippen molar-refractivity contribution in [1.82, 2.24) is 37.2 Å². The number of phenolic OH excluding ortho intramolecular Hbond substituents is 5. The number of likely N-dealkylation sites (N-methyl/N-ethyl adjacent to an activating group) is 1. The summed E-state index contributed by atoms with van der Waals surface area (Å²) >= 11 is 20.6. The lowest BCUT2D eigenvalue weighted by Crippen LogP contribution is -2.55. The van der Waals surface area contributed by atoms with Crippen LogP contribution in [0, 0.1) is 0 Å². The molecule has 0 aliphatic carbocycles. The predicted molar refractivity (Wildman–Crippen MR) is 315 cm³/mol. The van der Waals surface area contributed by atoms with Gasteiger partial charge >= 0.3 is 5.97 Å². The van der Waals surface area contributed by atoms with Crippen molar-refractivity contribution >= 4 is 84.6 Å². The average Bonchev–Trinajstić information content (AvgIpc) is 1.49. The van der Waals surface area contributed by atoms with Gasteiger partial charge in [-0.25, -0.2) is 4.79 Å². The number of carbonyl (C=O) groups is 7. The van der Waals surface area contributed by atoms with Crippen molar-refractivity contribution in [3.63, 3.8) is 0 Å². The Balaban J connectivity index is 0.00000873. The molecule has 1 unspecified atom stereocenters. The summed E-state index contributed by atoms with van der Waals surface area (Å²) < 4.78 is 24.8. The minimum Gasteiger partial charge on any atom is -0.508 e. The van der Waals surface area contributed by atoms with Crippen LogP contribution in [0.4, 0.5) is 0 Å². The van der Waals surface area contributed by atoms with Crippen LogP contribution in [0.25, 0.3) is 11.1 Å². The van der Waals surface area contributed by atoms with Crippen molar-refractivity contribution in [3.8, 4) is 80.1 Å². The number of phenols is 5. The highest BCUT2D eigenvalue weighted by atomic mass is 35.5. The number of aliphatic hydroxyl groups is 1. The third-order valence-corrected chi connectivity index (χ3v) is 15.8. The van der Waals surface area contributed by atoms with E-state index in [-0.39, 0.29) is 92.9 Å². The lowest BCUT2D eigenvalue weighted by atomic mass is 9.89. The van der Waals surface area contributed by atoms with E-state index < -0.39 is 140 Å². The summed E-state index contributed by atoms with van der Waals surface area (Å²) in [6.45, 7) is 0. The van der Waals surface area contributed by atoms with Crippen molar-refractivity contribution in [2.75, 3.05) is 14.2 Å². The Hall–Kier alpha value is -10.1. The Morgan fingerprint density at radius 1 is 0.551 bits per heavy atom. The number of rotatable bonds is 3. The fourth-order valence-electron chi connectivity index (χ4n) is 10.7. The van der Waals surface area contributed by atoms with Crippen LogP contribution in [0.3, 0.4) is 0 Å². The van der Waals surface area contributed by atoms with Gasteiger partial charge in [0, 0.05) is 43.7 Å². The van der Waals surface area contributed by atoms with Crippen LogP contribution in [-0.2, 0) is 40.0 Å². The fraction of sp³-hybridized carbons (Fsp3) is 0.183. The second-order valence-electron chi connectivity index (χ2n) is 20.6. The quantitative estimate of drug-likeness (QED) is 0.0926. The lowest BCUT2D eigenvalue weighted by Gasteiger charge is -2.31. The molecule has 0 fully saturated rings. The standard InChI is InChI=1S/C60H48Cl3N7O18.B/c1-64-45-23-4-6-37(73)41(16-23)86-30-12-25(11-28(71)19-30)46-56(79)68-48-27-17-42(87-39-7-3-22(9-33(39)61)10-36(54(77)66-46)65-55(45)78)53(85-2)43(18-27)88-40-8-5-24(14-34(40)62)51(75)50-59(82)69-49(60(83)84)31-20-29(72)21-38(74)44(31)32-13-26(15-35(63)52(32)76)47(58(81)70-50)67-57(48)80;/h3-9,11-21,36,45-51,64,71-76H,10H2,1-2H3,(H,65,78)(H,66,77)(H,67,80)(H,68,79)(H,69,82)(H,70,81)(H,83,84);/t36-,45-,46+,47?,48-,49+,50-,51-;/m1./s1. The van der Waals surface area contributed by atoms with Crippen molar-refractivity contribution in [1.29, 1.82) is 0 Å². The number of aliphatic carboxylic acids is 1. The van der Waals surface area contributed by atoms with E-state index in [1.165, 1.54) is 80.9 Å². The monoisotopic (exact) mass is 1270 g/mol. The van der Waals surface area contributed by atoms with E-state index in [4.69, 9.17) is 53.8 Å². The molecule has 0 spiro atoms. The highest BCUT2D eigenvalue weighted by molar-refractivity contribution is 6.33. The summed E-state index contributed by atoms with van der Waals surface area (Å²) in [4.78, 5) is 104. The first kappa shape index (κ1) is 62.0. The molecule has 29 heteroatoms. The van der Waals surface area contributed by atoms with Crippen molar-refractivity contribution in [3.05, 3.63) is 163 Å². The molecule has 17 bridgehead atoms. The molecule has 0 saturated carbocycles. The Morgan fingerprint density at radius 3 is 1.75 bits per heavy atom. The summed E-state index contributed by atoms with van der Waals surface area (Å²) in [5.74, 6) is -13.6. The van der Waals surface area contributed by atoms with E-state index in [9.17, 15) is 50.1 Å². The van der Waals surface area contributed by atoms with Gasteiger partial charge in [-0.15, -0.1) is 0 Å². The van der Waals surface area contributed by atoms with Crippen molar-refractivity contribution in [2.24, 2.45) is 0 Å². The molecular weight excluding hydrogens is 1220 g/mol. The van der Waals surface area contributed by atoms with E-state index in [1.54, 1.807) is 0 Å². The molecule has 7 aromatic rings. The van der Waals surface area contributed by atoms with Crippen LogP contribution in [0.15, 0.2) is 109 Å². The maximum absolute atomic E-state index is 15.9. The molecule has 8 atom stereocenters. The zero-order valence-electron chi connectivity index (χ0n) is 46.1. The van der Waals surface area contributed by atoms with Gasteiger partial charge in [-0.1, -0.05) is 53.0 Å². The summed E-state index contributed by atoms with van der Waals surface area (Å²) in [5, 5.41) is 96.2. The number of benzene rings is 7. The largest absolute Gasteiger partial charge is 0.508 e. The number of halogens is 3. The number of amides is 6. The molecule has 3 radical (unpaired) electrons. The molecule has 455 valence electrons. The van der Waals surface area contributed by atoms with Crippen LogP contribution in [0.5, 0.6) is 69.0 Å².